The van der Waals surface area contributed by atoms with Crippen LogP contribution >= 0.6 is 0 Å². The summed E-state index contributed by atoms with van der Waals surface area (Å²) in [4.78, 5) is 37.4. The number of nitrogens with one attached hydrogen (secondary N) is 1. The normalized spacial score (nSPS) is 20.6. The number of benzene rings is 1. The maximum absolute atomic E-state index is 12.9. The maximum atomic E-state index is 12.9. The second kappa shape index (κ2) is 10.1. The van der Waals surface area contributed by atoms with Gasteiger partial charge < -0.3 is 19.7 Å². The first-order valence-electron chi connectivity index (χ1n) is 11.4. The van der Waals surface area contributed by atoms with Crippen LogP contribution in [0.4, 0.5) is 10.5 Å². The Balaban J connectivity index is 1.24. The van der Waals surface area contributed by atoms with E-state index in [0.717, 1.165) is 42.8 Å². The third-order valence-corrected chi connectivity index (χ3v) is 6.08. The van der Waals surface area contributed by atoms with Gasteiger partial charge in [-0.25, -0.2) is 14.8 Å². The van der Waals surface area contributed by atoms with Crippen molar-refractivity contribution >= 4 is 17.6 Å². The van der Waals surface area contributed by atoms with E-state index in [1.54, 1.807) is 16.9 Å². The van der Waals surface area contributed by atoms with Crippen LogP contribution < -0.4 is 19.7 Å². The van der Waals surface area contributed by atoms with Crippen molar-refractivity contribution in [3.05, 3.63) is 41.7 Å². The second-order valence-electron chi connectivity index (χ2n) is 8.62. The molecule has 9 heteroatoms. The Morgan fingerprint density at radius 2 is 1.79 bits per heavy atom. The molecule has 1 aromatic carbocycles. The van der Waals surface area contributed by atoms with Crippen molar-refractivity contribution in [3.63, 3.8) is 0 Å². The molecule has 1 N–H and O–H groups in total. The largest absolute Gasteiger partial charge is 0.495 e. The lowest BCUT2D eigenvalue weighted by Crippen LogP contribution is -2.45. The van der Waals surface area contributed by atoms with Crippen LogP contribution in [-0.2, 0) is 4.79 Å². The highest BCUT2D eigenvalue weighted by Crippen LogP contribution is 2.30. The molecule has 1 aliphatic heterocycles. The number of rotatable bonds is 7. The molecule has 2 aromatic rings. The van der Waals surface area contributed by atoms with Crippen LogP contribution in [0.15, 0.2) is 30.3 Å². The first-order valence-corrected chi connectivity index (χ1v) is 11.4. The van der Waals surface area contributed by atoms with Gasteiger partial charge in [-0.15, -0.1) is 0 Å². The van der Waals surface area contributed by atoms with Gasteiger partial charge in [-0.05, 0) is 57.7 Å². The molecule has 0 spiro atoms. The average Bonchev–Trinajstić information content (AvgIpc) is 3.14. The molecule has 9 nitrogen and oxygen atoms in total. The Bertz CT molecular complexity index is 986. The summed E-state index contributed by atoms with van der Waals surface area (Å²) in [7, 11) is 1.58. The summed E-state index contributed by atoms with van der Waals surface area (Å²) in [6.45, 7) is 4.93. The van der Waals surface area contributed by atoms with E-state index >= 15 is 0 Å². The molecule has 1 aromatic heterocycles. The number of anilines is 1. The second-order valence-corrected chi connectivity index (χ2v) is 8.62. The van der Waals surface area contributed by atoms with E-state index in [-0.39, 0.29) is 30.6 Å². The number of para-hydroxylation sites is 2. The molecule has 0 bridgehead atoms. The van der Waals surface area contributed by atoms with Gasteiger partial charge in [-0.3, -0.25) is 9.69 Å². The Morgan fingerprint density at radius 3 is 2.48 bits per heavy atom. The van der Waals surface area contributed by atoms with Crippen molar-refractivity contribution in [1.29, 1.82) is 0 Å². The first-order chi connectivity index (χ1) is 15.9. The van der Waals surface area contributed by atoms with Gasteiger partial charge in [0.15, 0.2) is 0 Å². The Kier molecular flexibility index (Phi) is 6.96. The molecule has 33 heavy (non-hydrogen) atoms. The van der Waals surface area contributed by atoms with Crippen molar-refractivity contribution in [2.24, 2.45) is 0 Å². The van der Waals surface area contributed by atoms with Crippen LogP contribution in [0.1, 0.15) is 37.1 Å². The summed E-state index contributed by atoms with van der Waals surface area (Å²) in [6, 6.07) is 9.65. The predicted octanol–water partition coefficient (Wildman–Crippen LogP) is 2.85. The molecular formula is C24H31N5O4. The van der Waals surface area contributed by atoms with E-state index in [4.69, 9.17) is 9.47 Å². The number of carbonyl (C=O) groups excluding carboxylic acids is 2. The Morgan fingerprint density at radius 1 is 1.09 bits per heavy atom. The van der Waals surface area contributed by atoms with Crippen LogP contribution in [0.5, 0.6) is 11.8 Å². The van der Waals surface area contributed by atoms with Crippen molar-refractivity contribution in [2.45, 2.75) is 51.7 Å². The van der Waals surface area contributed by atoms with Gasteiger partial charge in [0, 0.05) is 30.5 Å². The molecule has 0 atom stereocenters. The van der Waals surface area contributed by atoms with E-state index in [1.807, 2.05) is 44.2 Å². The number of amides is 3. The van der Waals surface area contributed by atoms with Gasteiger partial charge in [0.2, 0.25) is 5.91 Å². The monoisotopic (exact) mass is 453 g/mol. The zero-order valence-corrected chi connectivity index (χ0v) is 19.4. The lowest BCUT2D eigenvalue weighted by molar-refractivity contribution is -0.122. The van der Waals surface area contributed by atoms with Gasteiger partial charge >= 0.3 is 12.0 Å². The van der Waals surface area contributed by atoms with E-state index < -0.39 is 0 Å². The summed E-state index contributed by atoms with van der Waals surface area (Å²) >= 11 is 0. The highest BCUT2D eigenvalue weighted by Gasteiger charge is 2.33. The molecule has 2 heterocycles. The zero-order valence-electron chi connectivity index (χ0n) is 19.4. The maximum Gasteiger partial charge on any atom is 0.325 e. The summed E-state index contributed by atoms with van der Waals surface area (Å²) in [5.74, 6) is 0.509. The molecule has 1 saturated heterocycles. The molecule has 1 aliphatic carbocycles. The standard InChI is InChI=1S/C24H31N5O4/c1-16-14-17(2)26-23(25-16)33-19-10-8-18(9-11-19)27-22(30)15-28-12-13-29(24(28)31)20-6-4-5-7-21(20)32-3/h4-7,14,18-19H,8-13,15H2,1-3H3,(H,27,30). The molecule has 3 amide bonds. The third kappa shape index (κ3) is 5.53. The third-order valence-electron chi connectivity index (χ3n) is 6.08. The van der Waals surface area contributed by atoms with E-state index in [9.17, 15) is 9.59 Å². The smallest absolute Gasteiger partial charge is 0.325 e. The fourth-order valence-corrected chi connectivity index (χ4v) is 4.47. The van der Waals surface area contributed by atoms with Crippen LogP contribution in [-0.4, -0.2) is 65.7 Å². The minimum absolute atomic E-state index is 0.0499. The van der Waals surface area contributed by atoms with E-state index in [2.05, 4.69) is 15.3 Å². The molecule has 176 valence electrons. The highest BCUT2D eigenvalue weighted by atomic mass is 16.5. The van der Waals surface area contributed by atoms with Gasteiger partial charge in [0.05, 0.1) is 12.8 Å². The molecule has 0 radical (unpaired) electrons. The number of aryl methyl sites for hydroxylation is 2. The van der Waals surface area contributed by atoms with Crippen molar-refractivity contribution in [2.75, 3.05) is 31.6 Å². The fraction of sp³-hybridized carbons (Fsp3) is 0.500. The minimum Gasteiger partial charge on any atom is -0.495 e. The molecule has 2 aliphatic rings. The lowest BCUT2D eigenvalue weighted by atomic mass is 9.93. The lowest BCUT2D eigenvalue weighted by Gasteiger charge is -2.29. The summed E-state index contributed by atoms with van der Waals surface area (Å²) in [6.07, 6.45) is 3.34. The van der Waals surface area contributed by atoms with Crippen molar-refractivity contribution in [1.82, 2.24) is 20.2 Å². The molecule has 0 unspecified atom stereocenters. The summed E-state index contributed by atoms with van der Waals surface area (Å²) in [5.41, 5.74) is 2.50. The number of methoxy groups -OCH3 is 1. The first kappa shape index (κ1) is 22.8. The Labute approximate surface area is 194 Å². The summed E-state index contributed by atoms with van der Waals surface area (Å²) < 4.78 is 11.3. The number of ether oxygens (including phenoxy) is 2. The topological polar surface area (TPSA) is 96.9 Å². The van der Waals surface area contributed by atoms with Crippen LogP contribution in [0.25, 0.3) is 0 Å². The fourth-order valence-electron chi connectivity index (χ4n) is 4.47. The van der Waals surface area contributed by atoms with E-state index in [0.29, 0.717) is 24.8 Å². The van der Waals surface area contributed by atoms with Gasteiger partial charge in [0.1, 0.15) is 18.4 Å². The predicted molar refractivity (Wildman–Crippen MR) is 124 cm³/mol. The number of nitrogens with zero attached hydrogens (tertiary/aromatic N) is 4. The molecule has 4 rings (SSSR count). The minimum atomic E-state index is -0.180. The van der Waals surface area contributed by atoms with Crippen molar-refractivity contribution < 1.29 is 19.1 Å². The van der Waals surface area contributed by atoms with Crippen LogP contribution in [0.2, 0.25) is 0 Å². The van der Waals surface area contributed by atoms with Crippen LogP contribution in [0, 0.1) is 13.8 Å². The summed E-state index contributed by atoms with van der Waals surface area (Å²) in [5, 5.41) is 3.08. The van der Waals surface area contributed by atoms with Gasteiger partial charge in [-0.1, -0.05) is 12.1 Å². The number of hydrogen-bond acceptors (Lipinski definition) is 6. The highest BCUT2D eigenvalue weighted by molar-refractivity contribution is 5.97. The zero-order chi connectivity index (χ0) is 23.4. The SMILES string of the molecule is COc1ccccc1N1CCN(CC(=O)NC2CCC(Oc3nc(C)cc(C)n3)CC2)C1=O. The van der Waals surface area contributed by atoms with E-state index in [1.165, 1.54) is 0 Å². The number of carbonyl (C=O) groups is 2. The molecule has 2 fully saturated rings. The quantitative estimate of drug-likeness (QED) is 0.693. The van der Waals surface area contributed by atoms with Gasteiger partial charge in [-0.2, -0.15) is 0 Å². The Hall–Kier alpha value is -3.36. The average molecular weight is 454 g/mol. The number of hydrogen-bond donors (Lipinski definition) is 1. The van der Waals surface area contributed by atoms with Crippen LogP contribution in [0.3, 0.4) is 0 Å². The number of aromatic nitrogens is 2. The van der Waals surface area contributed by atoms with Crippen molar-refractivity contribution in [3.8, 4) is 11.8 Å². The number of urea groups is 1. The molecular weight excluding hydrogens is 422 g/mol. The van der Waals surface area contributed by atoms with Gasteiger partial charge in [0.25, 0.3) is 0 Å². The molecule has 1 saturated carbocycles.